The molecule has 4 heteroatoms. The molecule has 2 nitrogen and oxygen atoms in total. The van der Waals surface area contributed by atoms with E-state index in [1.807, 2.05) is 24.3 Å². The van der Waals surface area contributed by atoms with E-state index in [9.17, 15) is 4.21 Å². The van der Waals surface area contributed by atoms with E-state index in [0.717, 1.165) is 10.0 Å². The van der Waals surface area contributed by atoms with Gasteiger partial charge in [0.2, 0.25) is 0 Å². The van der Waals surface area contributed by atoms with Gasteiger partial charge in [0.1, 0.15) is 0 Å². The van der Waals surface area contributed by atoms with Crippen molar-refractivity contribution in [3.63, 3.8) is 0 Å². The van der Waals surface area contributed by atoms with Crippen LogP contribution in [-0.2, 0) is 17.5 Å². The second-order valence-corrected chi connectivity index (χ2v) is 4.51. The lowest BCUT2D eigenvalue weighted by atomic mass is 10.2. The first-order chi connectivity index (χ1) is 5.68. The lowest BCUT2D eigenvalue weighted by Crippen LogP contribution is -2.14. The Bertz CT molecular complexity index is 273. The molecule has 1 aromatic rings. The van der Waals surface area contributed by atoms with Crippen molar-refractivity contribution in [1.29, 1.82) is 0 Å². The highest BCUT2D eigenvalue weighted by Gasteiger charge is 1.93. The van der Waals surface area contributed by atoms with E-state index in [1.165, 1.54) is 0 Å². The van der Waals surface area contributed by atoms with Crippen molar-refractivity contribution in [1.82, 2.24) is 4.72 Å². The average Bonchev–Trinajstić information content (AvgIpc) is 2.03. The van der Waals surface area contributed by atoms with Gasteiger partial charge in [-0.1, -0.05) is 28.1 Å². The third kappa shape index (κ3) is 3.47. The van der Waals surface area contributed by atoms with Crippen molar-refractivity contribution in [2.75, 3.05) is 6.26 Å². The summed E-state index contributed by atoms with van der Waals surface area (Å²) in [7, 11) is -0.933. The van der Waals surface area contributed by atoms with Gasteiger partial charge in [-0.05, 0) is 17.7 Å². The Balaban J connectivity index is 2.53. The predicted octanol–water partition coefficient (Wildman–Crippen LogP) is 1.83. The summed E-state index contributed by atoms with van der Waals surface area (Å²) in [4.78, 5) is 0. The molecule has 1 aromatic carbocycles. The van der Waals surface area contributed by atoms with Crippen LogP contribution in [0.25, 0.3) is 0 Å². The first-order valence-corrected chi connectivity index (χ1v) is 5.85. The maximum atomic E-state index is 10.7. The highest BCUT2D eigenvalue weighted by atomic mass is 79.9. The van der Waals surface area contributed by atoms with E-state index >= 15 is 0 Å². The zero-order chi connectivity index (χ0) is 8.97. The van der Waals surface area contributed by atoms with Crippen LogP contribution in [0.5, 0.6) is 0 Å². The standard InChI is InChI=1S/C8H10BrNOS/c1-12(11)10-6-7-2-4-8(9)5-3-7/h2-5,10H,6H2,1H3. The summed E-state index contributed by atoms with van der Waals surface area (Å²) in [5.74, 6) is 0. The van der Waals surface area contributed by atoms with E-state index in [-0.39, 0.29) is 0 Å². The minimum absolute atomic E-state index is 0.649. The Morgan fingerprint density at radius 2 is 2.00 bits per heavy atom. The zero-order valence-corrected chi connectivity index (χ0v) is 9.11. The molecule has 1 atom stereocenters. The van der Waals surface area contributed by atoms with Gasteiger partial charge in [0.15, 0.2) is 0 Å². The van der Waals surface area contributed by atoms with Gasteiger partial charge in [-0.2, -0.15) is 0 Å². The first-order valence-electron chi connectivity index (χ1n) is 3.50. The van der Waals surface area contributed by atoms with Gasteiger partial charge < -0.3 is 0 Å². The summed E-state index contributed by atoms with van der Waals surface area (Å²) in [6.45, 7) is 0.649. The first kappa shape index (κ1) is 9.89. The van der Waals surface area contributed by atoms with Crippen molar-refractivity contribution >= 4 is 26.9 Å². The minimum Gasteiger partial charge on any atom is -0.243 e. The van der Waals surface area contributed by atoms with Gasteiger partial charge in [0.05, 0.1) is 11.0 Å². The monoisotopic (exact) mass is 247 g/mol. The number of nitrogens with one attached hydrogen (secondary N) is 1. The molecule has 0 fully saturated rings. The molecule has 0 aliphatic rings. The van der Waals surface area contributed by atoms with Gasteiger partial charge in [-0.15, -0.1) is 0 Å². The SMILES string of the molecule is CS(=O)NCc1ccc(Br)cc1. The van der Waals surface area contributed by atoms with Gasteiger partial charge in [0.25, 0.3) is 0 Å². The molecule has 0 saturated carbocycles. The molecule has 0 heterocycles. The number of hydrogen-bond donors (Lipinski definition) is 1. The Kier molecular flexibility index (Phi) is 3.91. The van der Waals surface area contributed by atoms with Crippen LogP contribution in [0.2, 0.25) is 0 Å². The summed E-state index contributed by atoms with van der Waals surface area (Å²) >= 11 is 3.35. The Labute approximate surface area is 83.1 Å². The zero-order valence-electron chi connectivity index (χ0n) is 6.71. The molecule has 1 rings (SSSR count). The fourth-order valence-electron chi connectivity index (χ4n) is 0.787. The number of halogens is 1. The van der Waals surface area contributed by atoms with E-state index in [2.05, 4.69) is 20.7 Å². The minimum atomic E-state index is -0.933. The summed E-state index contributed by atoms with van der Waals surface area (Å²) in [6.07, 6.45) is 1.62. The molecule has 0 radical (unpaired) electrons. The van der Waals surface area contributed by atoms with Crippen molar-refractivity contribution in [3.05, 3.63) is 34.3 Å². The normalized spacial score (nSPS) is 12.8. The molecule has 1 N–H and O–H groups in total. The quantitative estimate of drug-likeness (QED) is 0.868. The van der Waals surface area contributed by atoms with Crippen LogP contribution < -0.4 is 4.72 Å². The summed E-state index contributed by atoms with van der Waals surface area (Å²) < 4.78 is 14.6. The van der Waals surface area contributed by atoms with Crippen molar-refractivity contribution in [3.8, 4) is 0 Å². The Morgan fingerprint density at radius 3 is 2.50 bits per heavy atom. The topological polar surface area (TPSA) is 29.1 Å². The van der Waals surface area contributed by atoms with E-state index < -0.39 is 11.0 Å². The van der Waals surface area contributed by atoms with Crippen LogP contribution in [0.3, 0.4) is 0 Å². The van der Waals surface area contributed by atoms with Gasteiger partial charge >= 0.3 is 0 Å². The second-order valence-electron chi connectivity index (χ2n) is 2.40. The molecule has 0 bridgehead atoms. The molecular weight excluding hydrogens is 238 g/mol. The number of hydrogen-bond acceptors (Lipinski definition) is 1. The molecule has 66 valence electrons. The summed E-state index contributed by atoms with van der Waals surface area (Å²) in [6, 6.07) is 7.92. The predicted molar refractivity (Wildman–Crippen MR) is 55.0 cm³/mol. The van der Waals surface area contributed by atoms with E-state index in [1.54, 1.807) is 6.26 Å². The molecule has 0 spiro atoms. The van der Waals surface area contributed by atoms with Crippen LogP contribution >= 0.6 is 15.9 Å². The highest BCUT2D eigenvalue weighted by Crippen LogP contribution is 2.09. The molecule has 0 saturated heterocycles. The molecule has 0 aromatic heterocycles. The van der Waals surface area contributed by atoms with Gasteiger partial charge in [-0.3, -0.25) is 0 Å². The summed E-state index contributed by atoms with van der Waals surface area (Å²) in [5.41, 5.74) is 1.13. The Morgan fingerprint density at radius 1 is 1.42 bits per heavy atom. The highest BCUT2D eigenvalue weighted by molar-refractivity contribution is 9.10. The third-order valence-electron chi connectivity index (χ3n) is 1.39. The molecular formula is C8H10BrNOS. The fraction of sp³-hybridized carbons (Fsp3) is 0.250. The Hall–Kier alpha value is -0.190. The maximum Gasteiger partial charge on any atom is 0.0886 e. The molecule has 1 unspecified atom stereocenters. The van der Waals surface area contributed by atoms with Crippen LogP contribution in [0.1, 0.15) is 5.56 Å². The van der Waals surface area contributed by atoms with Crippen molar-refractivity contribution < 1.29 is 4.21 Å². The maximum absolute atomic E-state index is 10.7. The van der Waals surface area contributed by atoms with Crippen molar-refractivity contribution in [2.24, 2.45) is 0 Å². The molecule has 0 amide bonds. The van der Waals surface area contributed by atoms with Crippen LogP contribution in [0.15, 0.2) is 28.7 Å². The fourth-order valence-corrected chi connectivity index (χ4v) is 1.42. The van der Waals surface area contributed by atoms with E-state index in [0.29, 0.717) is 6.54 Å². The van der Waals surface area contributed by atoms with Crippen molar-refractivity contribution in [2.45, 2.75) is 6.54 Å². The van der Waals surface area contributed by atoms with Gasteiger partial charge in [-0.25, -0.2) is 8.93 Å². The number of rotatable bonds is 3. The largest absolute Gasteiger partial charge is 0.243 e. The molecule has 0 aliphatic carbocycles. The smallest absolute Gasteiger partial charge is 0.0886 e. The third-order valence-corrected chi connectivity index (χ3v) is 2.47. The lowest BCUT2D eigenvalue weighted by molar-refractivity contribution is 0.676. The number of benzene rings is 1. The van der Waals surface area contributed by atoms with Crippen LogP contribution in [0, 0.1) is 0 Å². The average molecular weight is 248 g/mol. The second kappa shape index (κ2) is 4.74. The van der Waals surface area contributed by atoms with Gasteiger partial charge in [0, 0.05) is 17.3 Å². The summed E-state index contributed by atoms with van der Waals surface area (Å²) in [5, 5.41) is 0. The van der Waals surface area contributed by atoms with E-state index in [4.69, 9.17) is 0 Å². The van der Waals surface area contributed by atoms with Crippen LogP contribution in [0.4, 0.5) is 0 Å². The molecule has 0 aliphatic heterocycles. The molecule has 12 heavy (non-hydrogen) atoms. The van der Waals surface area contributed by atoms with Crippen LogP contribution in [-0.4, -0.2) is 10.5 Å². The lowest BCUT2D eigenvalue weighted by Gasteiger charge is -2.00.